The smallest absolute Gasteiger partial charge is 0.338 e. The van der Waals surface area contributed by atoms with Gasteiger partial charge in [-0.3, -0.25) is 10.1 Å². The Morgan fingerprint density at radius 1 is 1.16 bits per heavy atom. The summed E-state index contributed by atoms with van der Waals surface area (Å²) < 4.78 is 10.8. The van der Waals surface area contributed by atoms with Crippen molar-refractivity contribution in [2.24, 2.45) is 0 Å². The first-order valence-electron chi connectivity index (χ1n) is 7.48. The van der Waals surface area contributed by atoms with Crippen molar-refractivity contribution in [2.75, 3.05) is 0 Å². The first kappa shape index (κ1) is 16.4. The average Bonchev–Trinajstić information content (AvgIpc) is 3.01. The van der Waals surface area contributed by atoms with Gasteiger partial charge < -0.3 is 9.15 Å². The number of nitrogens with zero attached hydrogens (tertiary/aromatic N) is 2. The van der Waals surface area contributed by atoms with Crippen molar-refractivity contribution in [3.05, 3.63) is 81.7 Å². The van der Waals surface area contributed by atoms with Crippen LogP contribution in [-0.4, -0.2) is 15.9 Å². The van der Waals surface area contributed by atoms with E-state index in [1.54, 1.807) is 6.92 Å². The maximum absolute atomic E-state index is 12.0. The van der Waals surface area contributed by atoms with Crippen LogP contribution in [-0.2, 0) is 11.3 Å². The maximum Gasteiger partial charge on any atom is 0.338 e. The van der Waals surface area contributed by atoms with E-state index >= 15 is 0 Å². The Kier molecular flexibility index (Phi) is 4.56. The molecule has 0 amide bonds. The zero-order chi connectivity index (χ0) is 17.8. The summed E-state index contributed by atoms with van der Waals surface area (Å²) in [4.78, 5) is 26.5. The number of rotatable bonds is 5. The van der Waals surface area contributed by atoms with E-state index in [1.165, 1.54) is 24.3 Å². The van der Waals surface area contributed by atoms with Crippen molar-refractivity contribution in [2.45, 2.75) is 13.5 Å². The minimum atomic E-state index is -0.585. The quantitative estimate of drug-likeness (QED) is 0.397. The number of hydrogen-bond acceptors (Lipinski definition) is 6. The predicted molar refractivity (Wildman–Crippen MR) is 88.9 cm³/mol. The molecule has 0 saturated heterocycles. The standard InChI is InChI=1S/C18H14N2O5/c1-12-16(19-17(25-12)13-5-3-2-4-6-13)11-24-18(21)14-7-9-15(10-8-14)20(22)23/h2-10H,11H2,1H3. The van der Waals surface area contributed by atoms with Gasteiger partial charge in [-0.2, -0.15) is 0 Å². The highest BCUT2D eigenvalue weighted by Crippen LogP contribution is 2.22. The van der Waals surface area contributed by atoms with E-state index in [-0.39, 0.29) is 17.9 Å². The fraction of sp³-hybridized carbons (Fsp3) is 0.111. The number of oxazole rings is 1. The van der Waals surface area contributed by atoms with Crippen molar-refractivity contribution in [3.63, 3.8) is 0 Å². The summed E-state index contributed by atoms with van der Waals surface area (Å²) in [6.07, 6.45) is 0. The minimum Gasteiger partial charge on any atom is -0.455 e. The molecule has 0 radical (unpaired) electrons. The Labute approximate surface area is 143 Å². The molecule has 7 heteroatoms. The second-order valence-corrected chi connectivity index (χ2v) is 5.27. The first-order valence-corrected chi connectivity index (χ1v) is 7.48. The number of carbonyl (C=O) groups is 1. The molecule has 1 aromatic heterocycles. The highest BCUT2D eigenvalue weighted by molar-refractivity contribution is 5.89. The fourth-order valence-electron chi connectivity index (χ4n) is 2.20. The molecule has 0 atom stereocenters. The van der Waals surface area contributed by atoms with Crippen LogP contribution >= 0.6 is 0 Å². The van der Waals surface area contributed by atoms with E-state index in [4.69, 9.17) is 9.15 Å². The number of carbonyl (C=O) groups excluding carboxylic acids is 1. The van der Waals surface area contributed by atoms with E-state index in [0.29, 0.717) is 17.3 Å². The number of nitro benzene ring substituents is 1. The largest absolute Gasteiger partial charge is 0.455 e. The molecule has 7 nitrogen and oxygen atoms in total. The lowest BCUT2D eigenvalue weighted by atomic mass is 10.2. The zero-order valence-corrected chi connectivity index (χ0v) is 13.3. The van der Waals surface area contributed by atoms with Gasteiger partial charge in [0, 0.05) is 17.7 Å². The van der Waals surface area contributed by atoms with Crippen LogP contribution < -0.4 is 0 Å². The minimum absolute atomic E-state index is 0.0437. The summed E-state index contributed by atoms with van der Waals surface area (Å²) in [6, 6.07) is 14.6. The van der Waals surface area contributed by atoms with E-state index in [0.717, 1.165) is 5.56 Å². The molecule has 0 aliphatic rings. The molecule has 0 aliphatic carbocycles. The number of nitro groups is 1. The average molecular weight is 338 g/mol. The molecule has 25 heavy (non-hydrogen) atoms. The third-order valence-electron chi connectivity index (χ3n) is 3.57. The van der Waals surface area contributed by atoms with Crippen LogP contribution in [0.25, 0.3) is 11.5 Å². The van der Waals surface area contributed by atoms with E-state index in [9.17, 15) is 14.9 Å². The predicted octanol–water partition coefficient (Wildman–Crippen LogP) is 3.92. The molecule has 0 fully saturated rings. The summed E-state index contributed by atoms with van der Waals surface area (Å²) in [6.45, 7) is 1.70. The van der Waals surface area contributed by atoms with Gasteiger partial charge in [-0.25, -0.2) is 9.78 Å². The number of aryl methyl sites for hydroxylation is 1. The molecule has 0 aliphatic heterocycles. The number of benzene rings is 2. The van der Waals surface area contributed by atoms with Crippen molar-refractivity contribution < 1.29 is 18.9 Å². The van der Waals surface area contributed by atoms with Crippen molar-refractivity contribution in [1.29, 1.82) is 0 Å². The third kappa shape index (κ3) is 3.72. The molecule has 2 aromatic carbocycles. The summed E-state index contributed by atoms with van der Waals surface area (Å²) in [5.74, 6) is 0.438. The van der Waals surface area contributed by atoms with Crippen LogP contribution in [0.4, 0.5) is 5.69 Å². The molecule has 0 unspecified atom stereocenters. The molecule has 0 N–H and O–H groups in total. The van der Waals surface area contributed by atoms with E-state index in [2.05, 4.69) is 4.98 Å². The Hall–Kier alpha value is -3.48. The highest BCUT2D eigenvalue weighted by Gasteiger charge is 2.15. The van der Waals surface area contributed by atoms with Crippen LogP contribution in [0.1, 0.15) is 21.8 Å². The second kappa shape index (κ2) is 6.96. The molecule has 3 aromatic rings. The van der Waals surface area contributed by atoms with Crippen LogP contribution in [0, 0.1) is 17.0 Å². The molecule has 0 spiro atoms. The lowest BCUT2D eigenvalue weighted by Gasteiger charge is -2.03. The molecule has 126 valence electrons. The van der Waals surface area contributed by atoms with Crippen LogP contribution in [0.2, 0.25) is 0 Å². The number of esters is 1. The molecule has 3 rings (SSSR count). The van der Waals surface area contributed by atoms with E-state index < -0.39 is 10.9 Å². The monoisotopic (exact) mass is 338 g/mol. The molecule has 0 saturated carbocycles. The third-order valence-corrected chi connectivity index (χ3v) is 3.57. The highest BCUT2D eigenvalue weighted by atomic mass is 16.6. The maximum atomic E-state index is 12.0. The number of aromatic nitrogens is 1. The van der Waals surface area contributed by atoms with Gasteiger partial charge in [-0.15, -0.1) is 0 Å². The van der Waals surface area contributed by atoms with Crippen molar-refractivity contribution in [1.82, 2.24) is 4.98 Å². The van der Waals surface area contributed by atoms with Crippen LogP contribution in [0.3, 0.4) is 0 Å². The van der Waals surface area contributed by atoms with Gasteiger partial charge in [0.15, 0.2) is 0 Å². The van der Waals surface area contributed by atoms with Gasteiger partial charge in [0.1, 0.15) is 18.1 Å². The van der Waals surface area contributed by atoms with Gasteiger partial charge in [-0.1, -0.05) is 18.2 Å². The van der Waals surface area contributed by atoms with Gasteiger partial charge >= 0.3 is 5.97 Å². The normalized spacial score (nSPS) is 10.4. The Bertz CT molecular complexity index is 901. The van der Waals surface area contributed by atoms with E-state index in [1.807, 2.05) is 30.3 Å². The molecular formula is C18H14N2O5. The van der Waals surface area contributed by atoms with Gasteiger partial charge in [0.25, 0.3) is 5.69 Å². The Morgan fingerprint density at radius 3 is 2.48 bits per heavy atom. The van der Waals surface area contributed by atoms with Crippen LogP contribution in [0.5, 0.6) is 0 Å². The summed E-state index contributed by atoms with van der Waals surface area (Å²) >= 11 is 0. The zero-order valence-electron chi connectivity index (χ0n) is 13.3. The molecule has 0 bridgehead atoms. The van der Waals surface area contributed by atoms with Gasteiger partial charge in [0.05, 0.1) is 10.5 Å². The summed E-state index contributed by atoms with van der Waals surface area (Å²) in [5.41, 5.74) is 1.50. The number of ether oxygens (including phenoxy) is 1. The lowest BCUT2D eigenvalue weighted by Crippen LogP contribution is -2.06. The first-order chi connectivity index (χ1) is 12.0. The summed E-state index contributed by atoms with van der Waals surface area (Å²) in [5, 5.41) is 10.6. The Morgan fingerprint density at radius 2 is 1.84 bits per heavy atom. The van der Waals surface area contributed by atoms with Crippen molar-refractivity contribution >= 4 is 11.7 Å². The van der Waals surface area contributed by atoms with Gasteiger partial charge in [0.2, 0.25) is 5.89 Å². The van der Waals surface area contributed by atoms with Gasteiger partial charge in [-0.05, 0) is 31.2 Å². The lowest BCUT2D eigenvalue weighted by molar-refractivity contribution is -0.384. The second-order valence-electron chi connectivity index (χ2n) is 5.27. The number of non-ortho nitro benzene ring substituents is 1. The van der Waals surface area contributed by atoms with Crippen LogP contribution in [0.15, 0.2) is 59.0 Å². The topological polar surface area (TPSA) is 95.5 Å². The van der Waals surface area contributed by atoms with Crippen molar-refractivity contribution in [3.8, 4) is 11.5 Å². The summed E-state index contributed by atoms with van der Waals surface area (Å²) in [7, 11) is 0. The fourth-order valence-corrected chi connectivity index (χ4v) is 2.20. The SMILES string of the molecule is Cc1oc(-c2ccccc2)nc1COC(=O)c1ccc([N+](=O)[O-])cc1. The number of hydrogen-bond donors (Lipinski definition) is 0. The Balaban J connectivity index is 1.68. The molecular weight excluding hydrogens is 324 g/mol. The molecule has 1 heterocycles.